The van der Waals surface area contributed by atoms with E-state index in [0.717, 1.165) is 0 Å². The van der Waals surface area contributed by atoms with E-state index in [0.29, 0.717) is 12.2 Å². The third-order valence-corrected chi connectivity index (χ3v) is 10.6. The van der Waals surface area contributed by atoms with Crippen molar-refractivity contribution in [2.24, 2.45) is 22.7 Å². The number of carboxylic acid groups (broad SMARTS) is 1. The van der Waals surface area contributed by atoms with Gasteiger partial charge in [0, 0.05) is 0 Å². The fraction of sp³-hybridized carbons (Fsp3) is 0.838. The number of hydrogen-bond donors (Lipinski definition) is 5. The van der Waals surface area contributed by atoms with Crippen LogP contribution in [0.2, 0.25) is 0 Å². The van der Waals surface area contributed by atoms with Crippen LogP contribution in [0.1, 0.15) is 47.2 Å². The Kier molecular flexibility index (Phi) is 27.0. The number of rotatable bonds is 18. The van der Waals surface area contributed by atoms with E-state index in [2.05, 4.69) is 17.2 Å². The van der Waals surface area contributed by atoms with Crippen molar-refractivity contribution < 1.29 is 184 Å². The van der Waals surface area contributed by atoms with Crippen LogP contribution in [0.5, 0.6) is 0 Å². The number of aliphatic hydroxyl groups excluding tert-OH is 4. The van der Waals surface area contributed by atoms with Crippen LogP contribution in [0.3, 0.4) is 0 Å². The SMILES string of the molecule is O=S(=O)([O-])O.[CH2-]C1O[C@H](O[C@@H]2C(C(=O)[O-])O[C@@H](OCCOCCn3cc(COCCOCCN4C(=O)[C@@H]5[C@H](C4=O)[C@H](C(C)(C)C)O[C@@H]5C(C)(C)C)nn3)C(O)[C@H]2O)C([NH-])[C@@H](O)[C@@H]1O.[Na+].[Na+].[Na+]. The van der Waals surface area contributed by atoms with Crippen LogP contribution in [-0.4, -0.2) is 195 Å². The number of aromatic nitrogens is 3. The maximum absolute atomic E-state index is 13.4. The number of likely N-dealkylation sites (tertiary alicyclic amines) is 1. The minimum absolute atomic E-state index is 0. The standard InChI is InChI=1S/C37H59N5O16.3Na.H2O4S/c1-18-23(43)24(44)22(38)34(55-18)56-27-25(45)26(46)35(57-28(27)33(49)50)54-15-14-51-10-8-41-16-19(39-40-41)17-53-13-12-52-11-9-42-31(47)20-21(32(42)48)30(37(5,6)7)58-29(20)36(2,3)4;;;;1-5(2,3)4/h16,18,20-30,34-35,38,43-46H,1,8-15,17H2,2-7H3,(H,49,50);;;;(H2,1,2,3,4)/q-2;3*+1;/p-2/t18?,20-,21+,22?,23-,24-,25-,26?,27+,28?,29+,30-,34-,35-;;;;/m1..../s1. The zero-order chi connectivity index (χ0) is 47.2. The summed E-state index contributed by atoms with van der Waals surface area (Å²) >= 11 is 0. The Bertz CT molecular complexity index is 1750. The van der Waals surface area contributed by atoms with Crippen molar-refractivity contribution in [1.82, 2.24) is 19.9 Å². The number of carbonyl (C=O) groups is 3. The van der Waals surface area contributed by atoms with Gasteiger partial charge in [0.25, 0.3) is 0 Å². The molecule has 4 aliphatic heterocycles. The Morgan fingerprint density at radius 1 is 0.803 bits per heavy atom. The average Bonchev–Trinajstić information content (AvgIpc) is 3.87. The normalized spacial score (nSPS) is 32.4. The number of fused-ring (bicyclic) bond motifs is 1. The topological polar surface area (TPSA) is 364 Å². The second-order valence-corrected chi connectivity index (χ2v) is 18.4. The Hall–Kier alpha value is 0.1000. The molecule has 1 aromatic heterocycles. The molecule has 4 saturated heterocycles. The molecule has 25 nitrogen and oxygen atoms in total. The van der Waals surface area contributed by atoms with Crippen LogP contribution in [0.4, 0.5) is 0 Å². The number of carboxylic acids is 1. The summed E-state index contributed by atoms with van der Waals surface area (Å²) in [5.41, 5.74) is 7.97. The molecule has 0 aliphatic carbocycles. The molecule has 4 fully saturated rings. The molecule has 2 amide bonds. The molecule has 362 valence electrons. The van der Waals surface area contributed by atoms with Crippen LogP contribution < -0.4 is 93.8 Å². The average molecular weight is 995 g/mol. The maximum atomic E-state index is 13.4. The molecule has 5 rings (SSSR count). The number of amides is 2. The van der Waals surface area contributed by atoms with E-state index in [1.54, 1.807) is 6.20 Å². The van der Waals surface area contributed by atoms with Crippen molar-refractivity contribution in [3.63, 3.8) is 0 Å². The zero-order valence-corrected chi connectivity index (χ0v) is 45.6. The summed E-state index contributed by atoms with van der Waals surface area (Å²) < 4.78 is 79.0. The molecule has 0 radical (unpaired) electrons. The van der Waals surface area contributed by atoms with Crippen molar-refractivity contribution in [2.75, 3.05) is 46.2 Å². The van der Waals surface area contributed by atoms with Crippen LogP contribution in [0.25, 0.3) is 5.73 Å². The summed E-state index contributed by atoms with van der Waals surface area (Å²) in [5.74, 6) is -3.23. The molecule has 0 saturated carbocycles. The predicted octanol–water partition coefficient (Wildman–Crippen LogP) is -12.4. The van der Waals surface area contributed by atoms with E-state index in [1.165, 1.54) is 9.58 Å². The summed E-state index contributed by atoms with van der Waals surface area (Å²) in [7, 11) is -4.92. The van der Waals surface area contributed by atoms with E-state index in [1.807, 2.05) is 41.5 Å². The Labute approximate surface area is 449 Å². The molecule has 66 heavy (non-hydrogen) atoms. The van der Waals surface area contributed by atoms with Crippen LogP contribution in [0, 0.1) is 29.6 Å². The van der Waals surface area contributed by atoms with Gasteiger partial charge in [0.1, 0.15) is 36.4 Å². The van der Waals surface area contributed by atoms with Gasteiger partial charge in [-0.15, -0.1) is 5.10 Å². The molecule has 29 heteroatoms. The quantitative estimate of drug-likeness (QED) is 0.0228. The van der Waals surface area contributed by atoms with Crippen LogP contribution in [-0.2, 0) is 75.8 Å². The number of hydrogen-bond acceptors (Lipinski definition) is 21. The van der Waals surface area contributed by atoms with Crippen molar-refractivity contribution in [2.45, 2.75) is 128 Å². The molecule has 14 atom stereocenters. The molecule has 0 spiro atoms. The monoisotopic (exact) mass is 994 g/mol. The molecule has 4 unspecified atom stereocenters. The van der Waals surface area contributed by atoms with E-state index >= 15 is 0 Å². The number of aliphatic hydroxyl groups is 4. The predicted molar refractivity (Wildman–Crippen MR) is 206 cm³/mol. The van der Waals surface area contributed by atoms with E-state index in [9.17, 15) is 39.9 Å². The van der Waals surface area contributed by atoms with Crippen molar-refractivity contribution in [3.8, 4) is 0 Å². The summed E-state index contributed by atoms with van der Waals surface area (Å²) in [6.45, 7) is 17.0. The van der Waals surface area contributed by atoms with Crippen molar-refractivity contribution >= 4 is 28.2 Å². The first-order chi connectivity index (χ1) is 29.2. The molecule has 0 aromatic carbocycles. The van der Waals surface area contributed by atoms with Gasteiger partial charge in [0.2, 0.25) is 22.2 Å². The van der Waals surface area contributed by atoms with E-state index in [4.69, 9.17) is 61.2 Å². The summed E-state index contributed by atoms with van der Waals surface area (Å²) in [6.07, 6.45) is -14.0. The first-order valence-corrected chi connectivity index (χ1v) is 21.4. The number of carbonyl (C=O) groups excluding carboxylic acids is 3. The number of nitrogens with one attached hydrogen (secondary N) is 1. The van der Waals surface area contributed by atoms with Crippen molar-refractivity contribution in [3.05, 3.63) is 24.5 Å². The van der Waals surface area contributed by atoms with E-state index < -0.39 is 89.6 Å². The molecule has 4 aliphatic rings. The van der Waals surface area contributed by atoms with Gasteiger partial charge in [0.05, 0.1) is 108 Å². The summed E-state index contributed by atoms with van der Waals surface area (Å²) in [6, 6.07) is -1.59. The third kappa shape index (κ3) is 17.7. The van der Waals surface area contributed by atoms with Gasteiger partial charge in [-0.05, 0) is 16.9 Å². The minimum Gasteiger partial charge on any atom is -0.726 e. The molecule has 0 bridgehead atoms. The van der Waals surface area contributed by atoms with Crippen molar-refractivity contribution in [1.29, 1.82) is 0 Å². The van der Waals surface area contributed by atoms with Gasteiger partial charge in [-0.1, -0.05) is 52.8 Å². The van der Waals surface area contributed by atoms with Gasteiger partial charge < -0.3 is 85.4 Å². The number of ether oxygens (including phenoxy) is 8. The summed E-state index contributed by atoms with van der Waals surface area (Å²) in [5, 5.41) is 61.1. The summed E-state index contributed by atoms with van der Waals surface area (Å²) in [4.78, 5) is 40.0. The molecule has 6 N–H and O–H groups in total. The van der Waals surface area contributed by atoms with Gasteiger partial charge >= 0.3 is 88.7 Å². The Balaban J connectivity index is 0.00000258. The Morgan fingerprint density at radius 3 is 1.85 bits per heavy atom. The van der Waals surface area contributed by atoms with Crippen LogP contribution in [0.15, 0.2) is 6.20 Å². The maximum Gasteiger partial charge on any atom is 1.00 e. The van der Waals surface area contributed by atoms with Gasteiger partial charge in [0.15, 0.2) is 6.29 Å². The molecule has 1 aromatic rings. The first-order valence-electron chi connectivity index (χ1n) is 20.1. The third-order valence-electron chi connectivity index (χ3n) is 10.6. The second-order valence-electron chi connectivity index (χ2n) is 17.5. The minimum atomic E-state index is -4.92. The zero-order valence-electron chi connectivity index (χ0n) is 38.8. The number of imide groups is 1. The fourth-order valence-electron chi connectivity index (χ4n) is 7.51. The second kappa shape index (κ2) is 27.8. The largest absolute Gasteiger partial charge is 1.00 e. The Morgan fingerprint density at radius 2 is 1.32 bits per heavy atom. The van der Waals surface area contributed by atoms with Gasteiger partial charge in [-0.25, -0.2) is 13.1 Å². The molecular weight excluding hydrogens is 935 g/mol. The number of nitrogens with zero attached hydrogens (tertiary/aromatic N) is 4. The molecule has 5 heterocycles. The van der Waals surface area contributed by atoms with Crippen LogP contribution >= 0.6 is 0 Å². The first kappa shape index (κ1) is 64.1. The smallest absolute Gasteiger partial charge is 0.726 e. The van der Waals surface area contributed by atoms with E-state index in [-0.39, 0.29) is 176 Å². The molecular formula is C37H59N5Na3O20S-. The van der Waals surface area contributed by atoms with Gasteiger partial charge in [-0.3, -0.25) is 19.0 Å². The number of aliphatic carboxylic acids is 1. The fourth-order valence-corrected chi connectivity index (χ4v) is 7.51. The van der Waals surface area contributed by atoms with Gasteiger partial charge in [-0.2, -0.15) is 0 Å².